The lowest BCUT2D eigenvalue weighted by atomic mass is 9.98. The van der Waals surface area contributed by atoms with E-state index in [2.05, 4.69) is 25.9 Å². The second-order valence-corrected chi connectivity index (χ2v) is 9.93. The maximum atomic E-state index is 13.5. The molecular weight excluding hydrogens is 530 g/mol. The number of nitrogens with zero attached hydrogens (tertiary/aromatic N) is 2. The molecule has 0 bridgehead atoms. The van der Waals surface area contributed by atoms with Gasteiger partial charge in [-0.25, -0.2) is 4.98 Å². The molecule has 0 saturated carbocycles. The molecular formula is C33H35N5O4. The van der Waals surface area contributed by atoms with Crippen LogP contribution in [0, 0.1) is 0 Å². The van der Waals surface area contributed by atoms with Crippen molar-refractivity contribution >= 4 is 23.6 Å². The smallest absolute Gasteiger partial charge is 0.305 e. The molecule has 4 aromatic rings. The molecule has 0 saturated heterocycles. The average molecular weight is 566 g/mol. The van der Waals surface area contributed by atoms with Gasteiger partial charge in [0.1, 0.15) is 11.9 Å². The van der Waals surface area contributed by atoms with Gasteiger partial charge in [0.25, 0.3) is 0 Å². The number of rotatable bonds is 15. The van der Waals surface area contributed by atoms with Crippen molar-refractivity contribution in [3.8, 4) is 11.1 Å². The summed E-state index contributed by atoms with van der Waals surface area (Å²) in [7, 11) is 0. The van der Waals surface area contributed by atoms with E-state index < -0.39 is 24.0 Å². The third-order valence-electron chi connectivity index (χ3n) is 6.76. The van der Waals surface area contributed by atoms with E-state index in [-0.39, 0.29) is 25.2 Å². The first-order valence-corrected chi connectivity index (χ1v) is 14.0. The normalized spacial score (nSPS) is 12.1. The highest BCUT2D eigenvalue weighted by molar-refractivity contribution is 5.88. The van der Waals surface area contributed by atoms with Crippen LogP contribution in [0.3, 0.4) is 0 Å². The van der Waals surface area contributed by atoms with Gasteiger partial charge in [-0.15, -0.1) is 0 Å². The maximum Gasteiger partial charge on any atom is 0.305 e. The number of amides is 2. The Kier molecular flexibility index (Phi) is 11.2. The number of carbonyl (C=O) groups is 3. The number of nitrogens with one attached hydrogen (secondary N) is 3. The molecule has 9 nitrogen and oxygen atoms in total. The number of unbranched alkanes of at least 4 members (excludes halogenated alkanes) is 1. The Labute approximate surface area is 245 Å². The van der Waals surface area contributed by atoms with Gasteiger partial charge >= 0.3 is 5.97 Å². The summed E-state index contributed by atoms with van der Waals surface area (Å²) in [6, 6.07) is 24.8. The number of benzene rings is 2. The second kappa shape index (κ2) is 15.7. The van der Waals surface area contributed by atoms with Crippen molar-refractivity contribution in [2.45, 2.75) is 44.2 Å². The van der Waals surface area contributed by atoms with Gasteiger partial charge in [0.15, 0.2) is 0 Å². The summed E-state index contributed by atoms with van der Waals surface area (Å²) < 4.78 is 0. The molecule has 42 heavy (non-hydrogen) atoms. The van der Waals surface area contributed by atoms with Gasteiger partial charge < -0.3 is 21.1 Å². The number of anilines is 1. The van der Waals surface area contributed by atoms with E-state index in [0.717, 1.165) is 28.9 Å². The first-order valence-electron chi connectivity index (χ1n) is 14.0. The van der Waals surface area contributed by atoms with Crippen LogP contribution < -0.4 is 16.0 Å². The van der Waals surface area contributed by atoms with Gasteiger partial charge in [-0.05, 0) is 59.4 Å². The van der Waals surface area contributed by atoms with Gasteiger partial charge in [0.05, 0.1) is 12.5 Å². The van der Waals surface area contributed by atoms with E-state index in [1.807, 2.05) is 72.8 Å². The number of hydrogen-bond acceptors (Lipinski definition) is 6. The fourth-order valence-corrected chi connectivity index (χ4v) is 4.56. The number of aromatic nitrogens is 2. The Balaban J connectivity index is 1.39. The zero-order valence-electron chi connectivity index (χ0n) is 23.3. The Bertz CT molecular complexity index is 1420. The minimum absolute atomic E-state index is 0.244. The molecule has 2 heterocycles. The van der Waals surface area contributed by atoms with E-state index >= 15 is 0 Å². The number of hydrogen-bond donors (Lipinski definition) is 4. The maximum absolute atomic E-state index is 13.5. The van der Waals surface area contributed by atoms with Gasteiger partial charge in [-0.1, -0.05) is 60.7 Å². The Morgan fingerprint density at radius 2 is 1.48 bits per heavy atom. The second-order valence-electron chi connectivity index (χ2n) is 9.93. The molecule has 0 radical (unpaired) electrons. The SMILES string of the molecule is O=C(O)CC(NC(=O)[C@H](Cc1ccncc1)NC(=O)CCCCNc1ccccn1)c1ccc(-c2ccccc2)cc1. The van der Waals surface area contributed by atoms with Crippen molar-refractivity contribution in [1.82, 2.24) is 20.6 Å². The highest BCUT2D eigenvalue weighted by Crippen LogP contribution is 2.24. The number of pyridine rings is 2. The summed E-state index contributed by atoms with van der Waals surface area (Å²) in [6.45, 7) is 0.672. The fourth-order valence-electron chi connectivity index (χ4n) is 4.56. The zero-order valence-corrected chi connectivity index (χ0v) is 23.3. The lowest BCUT2D eigenvalue weighted by Crippen LogP contribution is -2.49. The molecule has 2 aromatic carbocycles. The predicted molar refractivity (Wildman–Crippen MR) is 161 cm³/mol. The molecule has 0 aliphatic rings. The van der Waals surface area contributed by atoms with Crippen LogP contribution >= 0.6 is 0 Å². The predicted octanol–water partition coefficient (Wildman–Crippen LogP) is 4.79. The standard InChI is InChI=1S/C33H35N5O4/c39-31(11-5-7-19-36-30-10-4-6-18-35-30)37-29(22-24-16-20-34-21-17-24)33(42)38-28(23-32(40)41)27-14-12-26(13-15-27)25-8-2-1-3-9-25/h1-4,6,8-10,12-18,20-21,28-29H,5,7,11,19,22-23H2,(H,35,36)(H,37,39)(H,38,42)(H,40,41)/t28?,29-/m0/s1. The Morgan fingerprint density at radius 1 is 0.762 bits per heavy atom. The van der Waals surface area contributed by atoms with Gasteiger partial charge in [-0.3, -0.25) is 19.4 Å². The van der Waals surface area contributed by atoms with Crippen LogP contribution in [0.15, 0.2) is 104 Å². The number of carbonyl (C=O) groups excluding carboxylic acids is 2. The molecule has 2 amide bonds. The average Bonchev–Trinajstić information content (AvgIpc) is 3.01. The Morgan fingerprint density at radius 3 is 2.17 bits per heavy atom. The van der Waals surface area contributed by atoms with Gasteiger partial charge in [0, 0.05) is 38.0 Å². The lowest BCUT2D eigenvalue weighted by molar-refractivity contribution is -0.138. The van der Waals surface area contributed by atoms with Crippen LogP contribution in [0.5, 0.6) is 0 Å². The van der Waals surface area contributed by atoms with Crippen LogP contribution in [-0.4, -0.2) is 45.4 Å². The van der Waals surface area contributed by atoms with Crippen LogP contribution in [-0.2, 0) is 20.8 Å². The molecule has 4 rings (SSSR count). The highest BCUT2D eigenvalue weighted by Gasteiger charge is 2.26. The van der Waals surface area contributed by atoms with E-state index in [4.69, 9.17) is 0 Å². The van der Waals surface area contributed by atoms with E-state index in [9.17, 15) is 19.5 Å². The summed E-state index contributed by atoms with van der Waals surface area (Å²) in [6.07, 6.45) is 6.55. The largest absolute Gasteiger partial charge is 0.481 e. The minimum Gasteiger partial charge on any atom is -0.481 e. The fraction of sp³-hybridized carbons (Fsp3) is 0.242. The molecule has 0 aliphatic heterocycles. The molecule has 216 valence electrons. The molecule has 2 aromatic heterocycles. The van der Waals surface area contributed by atoms with Crippen molar-refractivity contribution in [1.29, 1.82) is 0 Å². The van der Waals surface area contributed by atoms with E-state index in [0.29, 0.717) is 18.5 Å². The zero-order chi connectivity index (χ0) is 29.6. The number of carboxylic acids is 1. The summed E-state index contributed by atoms with van der Waals surface area (Å²) >= 11 is 0. The van der Waals surface area contributed by atoms with Crippen molar-refractivity contribution in [3.05, 3.63) is 115 Å². The minimum atomic E-state index is -1.04. The summed E-state index contributed by atoms with van der Waals surface area (Å²) in [5, 5.41) is 18.5. The van der Waals surface area contributed by atoms with Gasteiger partial charge in [0.2, 0.25) is 11.8 Å². The summed E-state index contributed by atoms with van der Waals surface area (Å²) in [4.78, 5) is 46.3. The molecule has 0 fully saturated rings. The monoisotopic (exact) mass is 565 g/mol. The van der Waals surface area contributed by atoms with Crippen LogP contribution in [0.25, 0.3) is 11.1 Å². The number of aliphatic carboxylic acids is 1. The Hall–Kier alpha value is -5.05. The highest BCUT2D eigenvalue weighted by atomic mass is 16.4. The quantitative estimate of drug-likeness (QED) is 0.152. The summed E-state index contributed by atoms with van der Waals surface area (Å²) in [5.41, 5.74) is 3.51. The van der Waals surface area contributed by atoms with Crippen molar-refractivity contribution in [3.63, 3.8) is 0 Å². The van der Waals surface area contributed by atoms with E-state index in [1.54, 1.807) is 30.7 Å². The topological polar surface area (TPSA) is 133 Å². The lowest BCUT2D eigenvalue weighted by Gasteiger charge is -2.23. The number of carboxylic acid groups (broad SMARTS) is 1. The van der Waals surface area contributed by atoms with Crippen LogP contribution in [0.1, 0.15) is 42.9 Å². The summed E-state index contributed by atoms with van der Waals surface area (Å²) in [5.74, 6) is -0.956. The van der Waals surface area contributed by atoms with Gasteiger partial charge in [-0.2, -0.15) is 0 Å². The third-order valence-corrected chi connectivity index (χ3v) is 6.76. The first-order chi connectivity index (χ1) is 20.5. The van der Waals surface area contributed by atoms with Crippen molar-refractivity contribution in [2.24, 2.45) is 0 Å². The molecule has 0 spiro atoms. The molecule has 4 N–H and O–H groups in total. The molecule has 9 heteroatoms. The van der Waals surface area contributed by atoms with Crippen molar-refractivity contribution < 1.29 is 19.5 Å². The first kappa shape index (κ1) is 29.9. The molecule has 1 unspecified atom stereocenters. The third kappa shape index (κ3) is 9.55. The van der Waals surface area contributed by atoms with E-state index in [1.165, 1.54) is 0 Å². The molecule has 0 aliphatic carbocycles. The molecule has 2 atom stereocenters. The van der Waals surface area contributed by atoms with Crippen molar-refractivity contribution in [2.75, 3.05) is 11.9 Å². The van der Waals surface area contributed by atoms with Crippen LogP contribution in [0.2, 0.25) is 0 Å². The van der Waals surface area contributed by atoms with Crippen LogP contribution in [0.4, 0.5) is 5.82 Å².